The van der Waals surface area contributed by atoms with Crippen LogP contribution in [0.2, 0.25) is 0 Å². The summed E-state index contributed by atoms with van der Waals surface area (Å²) >= 11 is 0. The van der Waals surface area contributed by atoms with Gasteiger partial charge in [0, 0.05) is 11.0 Å². The van der Waals surface area contributed by atoms with E-state index in [1.165, 1.54) is 5.57 Å². The summed E-state index contributed by atoms with van der Waals surface area (Å²) in [7, 11) is 0. The largest absolute Gasteiger partial charge is 0.458 e. The van der Waals surface area contributed by atoms with Crippen molar-refractivity contribution in [3.05, 3.63) is 11.1 Å². The van der Waals surface area contributed by atoms with E-state index in [4.69, 9.17) is 18.9 Å². The molecule has 0 radical (unpaired) electrons. The van der Waals surface area contributed by atoms with Crippen molar-refractivity contribution in [2.24, 2.45) is 23.2 Å². The number of hydrogen-bond donors (Lipinski definition) is 0. The second-order valence-electron chi connectivity index (χ2n) is 10.2. The number of cyclic esters (lactones) is 1. The summed E-state index contributed by atoms with van der Waals surface area (Å²) < 4.78 is 24.9. The minimum atomic E-state index is -0.245. The molecule has 3 saturated heterocycles. The highest BCUT2D eigenvalue weighted by molar-refractivity contribution is 5.92. The smallest absolute Gasteiger partial charge is 0.334 e. The Bertz CT molecular complexity index is 796. The van der Waals surface area contributed by atoms with Crippen molar-refractivity contribution < 1.29 is 23.7 Å². The van der Waals surface area contributed by atoms with E-state index < -0.39 is 0 Å². The summed E-state index contributed by atoms with van der Waals surface area (Å²) in [6, 6.07) is 0. The Kier molecular flexibility index (Phi) is 2.28. The summed E-state index contributed by atoms with van der Waals surface area (Å²) in [6.45, 7) is 8.31. The van der Waals surface area contributed by atoms with Gasteiger partial charge in [-0.25, -0.2) is 4.79 Å². The molecule has 4 heterocycles. The van der Waals surface area contributed by atoms with Crippen molar-refractivity contribution >= 4 is 5.97 Å². The van der Waals surface area contributed by atoms with Gasteiger partial charge >= 0.3 is 5.97 Å². The number of esters is 1. The molecule has 3 aliphatic carbocycles. The third-order valence-corrected chi connectivity index (χ3v) is 9.33. The van der Waals surface area contributed by atoms with Crippen LogP contribution >= 0.6 is 0 Å². The molecule has 3 spiro atoms. The monoisotopic (exact) mass is 358 g/mol. The first kappa shape index (κ1) is 15.1. The maximum Gasteiger partial charge on any atom is 0.334 e. The lowest BCUT2D eigenvalue weighted by Gasteiger charge is -2.54. The van der Waals surface area contributed by atoms with Gasteiger partial charge in [0.2, 0.25) is 0 Å². The van der Waals surface area contributed by atoms with Gasteiger partial charge in [0.1, 0.15) is 17.8 Å². The number of rotatable bonds is 1. The van der Waals surface area contributed by atoms with Crippen LogP contribution in [0.4, 0.5) is 0 Å². The van der Waals surface area contributed by atoms with Crippen LogP contribution in [0.25, 0.3) is 0 Å². The van der Waals surface area contributed by atoms with Crippen molar-refractivity contribution in [1.29, 1.82) is 0 Å². The fourth-order valence-corrected chi connectivity index (χ4v) is 8.12. The predicted molar refractivity (Wildman–Crippen MR) is 90.3 cm³/mol. The van der Waals surface area contributed by atoms with Gasteiger partial charge in [-0.3, -0.25) is 0 Å². The maximum absolute atomic E-state index is 12.1. The molecule has 140 valence electrons. The van der Waals surface area contributed by atoms with Gasteiger partial charge in [-0.15, -0.1) is 0 Å². The Morgan fingerprint density at radius 3 is 2.58 bits per heavy atom. The van der Waals surface area contributed by atoms with Crippen LogP contribution in [-0.4, -0.2) is 48.2 Å². The molecule has 0 aromatic heterocycles. The molecule has 5 fully saturated rings. The van der Waals surface area contributed by atoms with Gasteiger partial charge in [-0.05, 0) is 49.0 Å². The van der Waals surface area contributed by atoms with E-state index in [0.717, 1.165) is 37.9 Å². The fourth-order valence-electron chi connectivity index (χ4n) is 8.12. The summed E-state index contributed by atoms with van der Waals surface area (Å²) in [6.07, 6.45) is 4.36. The van der Waals surface area contributed by atoms with Gasteiger partial charge in [0.25, 0.3) is 0 Å². The molecule has 2 saturated carbocycles. The zero-order chi connectivity index (χ0) is 17.7. The lowest BCUT2D eigenvalue weighted by molar-refractivity contribution is -0.136. The zero-order valence-corrected chi connectivity index (χ0v) is 15.7. The van der Waals surface area contributed by atoms with Gasteiger partial charge in [-0.1, -0.05) is 20.8 Å². The lowest BCUT2D eigenvalue weighted by Crippen LogP contribution is -2.68. The van der Waals surface area contributed by atoms with E-state index in [0.29, 0.717) is 24.4 Å². The molecule has 7 rings (SSSR count). The topological polar surface area (TPSA) is 63.9 Å². The highest BCUT2D eigenvalue weighted by Gasteiger charge is 2.98. The zero-order valence-electron chi connectivity index (χ0n) is 15.7. The van der Waals surface area contributed by atoms with Crippen LogP contribution < -0.4 is 0 Å². The first-order chi connectivity index (χ1) is 12.4. The molecular formula is C21H26O5. The molecule has 5 nitrogen and oxygen atoms in total. The number of hydrogen-bond acceptors (Lipinski definition) is 5. The van der Waals surface area contributed by atoms with Gasteiger partial charge in [0.05, 0.1) is 18.8 Å². The quantitative estimate of drug-likeness (QED) is 0.532. The third kappa shape index (κ3) is 1.22. The van der Waals surface area contributed by atoms with E-state index in [1.807, 2.05) is 0 Å². The third-order valence-electron chi connectivity index (χ3n) is 9.33. The Balaban J connectivity index is 1.38. The minimum absolute atomic E-state index is 0.0123. The second kappa shape index (κ2) is 3.94. The second-order valence-corrected chi connectivity index (χ2v) is 10.2. The first-order valence-electron chi connectivity index (χ1n) is 10.3. The van der Waals surface area contributed by atoms with E-state index in [-0.39, 0.29) is 40.4 Å². The molecule has 0 aromatic carbocycles. The summed E-state index contributed by atoms with van der Waals surface area (Å²) in [4.78, 5) is 12.1. The Hall–Kier alpha value is -0.910. The minimum Gasteiger partial charge on any atom is -0.458 e. The molecule has 0 amide bonds. The van der Waals surface area contributed by atoms with Crippen LogP contribution in [0, 0.1) is 23.2 Å². The summed E-state index contributed by atoms with van der Waals surface area (Å²) in [5, 5.41) is 0. The van der Waals surface area contributed by atoms with Crippen LogP contribution in [-0.2, 0) is 23.7 Å². The average molecular weight is 358 g/mol. The molecule has 8 atom stereocenters. The SMILES string of the molecule is CC(C)[C@@H]1C[C@@H]2O[C@]23[C@]2(O[C@H]2C[C@H]2C4=C(CC[C@@]23C)C(=O)OC4)[C@@]12CO2. The predicted octanol–water partition coefficient (Wildman–Crippen LogP) is 2.38. The van der Waals surface area contributed by atoms with Crippen molar-refractivity contribution in [1.82, 2.24) is 0 Å². The number of carbonyl (C=O) groups is 1. The Morgan fingerprint density at radius 2 is 1.85 bits per heavy atom. The molecule has 0 bridgehead atoms. The van der Waals surface area contributed by atoms with E-state index >= 15 is 0 Å². The van der Waals surface area contributed by atoms with Gasteiger partial charge in [0.15, 0.2) is 5.60 Å². The normalized spacial score (nSPS) is 60.7. The van der Waals surface area contributed by atoms with Crippen LogP contribution in [0.15, 0.2) is 11.1 Å². The lowest BCUT2D eigenvalue weighted by atomic mass is 9.45. The molecule has 5 heteroatoms. The van der Waals surface area contributed by atoms with Gasteiger partial charge in [-0.2, -0.15) is 0 Å². The molecule has 0 N–H and O–H groups in total. The van der Waals surface area contributed by atoms with E-state index in [9.17, 15) is 4.79 Å². The summed E-state index contributed by atoms with van der Waals surface area (Å²) in [5.74, 6) is 1.34. The van der Waals surface area contributed by atoms with Crippen LogP contribution in [0.5, 0.6) is 0 Å². The highest BCUT2D eigenvalue weighted by atomic mass is 16.7. The van der Waals surface area contributed by atoms with Crippen molar-refractivity contribution in [2.75, 3.05) is 13.2 Å². The molecule has 26 heavy (non-hydrogen) atoms. The average Bonchev–Trinajstić information content (AvgIpc) is 3.48. The number of fused-ring (bicyclic) bond motifs is 2. The number of ether oxygens (including phenoxy) is 4. The summed E-state index contributed by atoms with van der Waals surface area (Å²) in [5.41, 5.74) is 1.60. The fraction of sp³-hybridized carbons (Fsp3) is 0.857. The number of epoxide rings is 3. The van der Waals surface area contributed by atoms with Gasteiger partial charge < -0.3 is 18.9 Å². The molecular weight excluding hydrogens is 332 g/mol. The molecule has 0 unspecified atom stereocenters. The first-order valence-corrected chi connectivity index (χ1v) is 10.3. The molecule has 0 aromatic rings. The highest BCUT2D eigenvalue weighted by Crippen LogP contribution is 2.83. The van der Waals surface area contributed by atoms with E-state index in [1.54, 1.807) is 0 Å². The number of carbonyl (C=O) groups excluding carboxylic acids is 1. The Labute approximate surface area is 153 Å². The van der Waals surface area contributed by atoms with E-state index in [2.05, 4.69) is 20.8 Å². The van der Waals surface area contributed by atoms with Crippen LogP contribution in [0.3, 0.4) is 0 Å². The van der Waals surface area contributed by atoms with Crippen molar-refractivity contribution in [2.45, 2.75) is 75.5 Å². The maximum atomic E-state index is 12.1. The van der Waals surface area contributed by atoms with Crippen molar-refractivity contribution in [3.8, 4) is 0 Å². The standard InChI is InChI=1S/C21H26O5/c1-10(2)13-6-15-20(25-15)18(3)5-4-11-12(8-23-17(11)22)14(18)7-16-21(20,26-16)19(13)9-24-19/h10,13-16H,4-9H2,1-3H3/t13-,14-,15-,16-,18-,19+,20+,21+/m0/s1. The van der Waals surface area contributed by atoms with Crippen molar-refractivity contribution in [3.63, 3.8) is 0 Å². The molecule has 7 aliphatic rings. The molecule has 4 aliphatic heterocycles. The Morgan fingerprint density at radius 1 is 1.12 bits per heavy atom. The van der Waals surface area contributed by atoms with Crippen LogP contribution in [0.1, 0.15) is 46.5 Å².